The summed E-state index contributed by atoms with van der Waals surface area (Å²) in [5.74, 6) is -1.46. The number of aliphatic carboxylic acids is 1. The van der Waals surface area contributed by atoms with Crippen LogP contribution >= 0.6 is 0 Å². The third kappa shape index (κ3) is 2.34. The van der Waals surface area contributed by atoms with Crippen molar-refractivity contribution in [2.45, 2.75) is 44.6 Å². The van der Waals surface area contributed by atoms with Crippen molar-refractivity contribution in [1.82, 2.24) is 15.5 Å². The molecular formula is C11H15N3O4. The number of aromatic nitrogens is 2. The molecule has 18 heavy (non-hydrogen) atoms. The number of rotatable bonds is 3. The van der Waals surface area contributed by atoms with Gasteiger partial charge in [0.25, 0.3) is 11.7 Å². The molecule has 0 unspecified atom stereocenters. The molecule has 1 aromatic rings. The molecule has 0 radical (unpaired) electrons. The zero-order chi connectivity index (χ0) is 13.2. The zero-order valence-corrected chi connectivity index (χ0v) is 10.1. The van der Waals surface area contributed by atoms with Crippen LogP contribution in [0.3, 0.4) is 0 Å². The largest absolute Gasteiger partial charge is 0.480 e. The van der Waals surface area contributed by atoms with Gasteiger partial charge in [0.05, 0.1) is 0 Å². The van der Waals surface area contributed by atoms with Crippen molar-refractivity contribution < 1.29 is 19.2 Å². The maximum absolute atomic E-state index is 11.9. The standard InChI is InChI=1S/C11H15N3O4/c1-7-12-8(14-18-7)9(15)13-11(10(16)17)5-3-2-4-6-11/h2-6H2,1H3,(H,13,15)(H,16,17). The minimum absolute atomic E-state index is 0.126. The van der Waals surface area contributed by atoms with Gasteiger partial charge in [-0.25, -0.2) is 4.79 Å². The highest BCUT2D eigenvalue weighted by Crippen LogP contribution is 2.28. The highest BCUT2D eigenvalue weighted by Gasteiger charge is 2.41. The molecule has 7 heteroatoms. The van der Waals surface area contributed by atoms with Crippen molar-refractivity contribution in [2.24, 2.45) is 0 Å². The van der Waals surface area contributed by atoms with Gasteiger partial charge in [-0.05, 0) is 12.8 Å². The van der Waals surface area contributed by atoms with Crippen LogP contribution in [0.2, 0.25) is 0 Å². The van der Waals surface area contributed by atoms with Crippen molar-refractivity contribution in [3.05, 3.63) is 11.7 Å². The van der Waals surface area contributed by atoms with E-state index in [-0.39, 0.29) is 11.7 Å². The Balaban J connectivity index is 2.14. The van der Waals surface area contributed by atoms with Crippen molar-refractivity contribution in [2.75, 3.05) is 0 Å². The van der Waals surface area contributed by atoms with Crippen LogP contribution in [-0.2, 0) is 4.79 Å². The summed E-state index contributed by atoms with van der Waals surface area (Å²) in [5, 5.41) is 15.3. The van der Waals surface area contributed by atoms with E-state index < -0.39 is 17.4 Å². The Labute approximate surface area is 104 Å². The number of carboxylic acids is 1. The summed E-state index contributed by atoms with van der Waals surface area (Å²) in [7, 11) is 0. The van der Waals surface area contributed by atoms with Crippen molar-refractivity contribution in [3.8, 4) is 0 Å². The number of nitrogens with one attached hydrogen (secondary N) is 1. The minimum Gasteiger partial charge on any atom is -0.480 e. The van der Waals surface area contributed by atoms with E-state index in [1.54, 1.807) is 6.92 Å². The summed E-state index contributed by atoms with van der Waals surface area (Å²) in [5.41, 5.74) is -1.19. The summed E-state index contributed by atoms with van der Waals surface area (Å²) in [4.78, 5) is 27.0. The average Bonchev–Trinajstić information content (AvgIpc) is 2.77. The molecule has 1 fully saturated rings. The maximum Gasteiger partial charge on any atom is 0.329 e. The predicted molar refractivity (Wildman–Crippen MR) is 60.0 cm³/mol. The smallest absolute Gasteiger partial charge is 0.329 e. The fourth-order valence-corrected chi connectivity index (χ4v) is 2.21. The Morgan fingerprint density at radius 1 is 1.33 bits per heavy atom. The first-order valence-corrected chi connectivity index (χ1v) is 5.90. The van der Waals surface area contributed by atoms with Crippen molar-refractivity contribution in [1.29, 1.82) is 0 Å². The van der Waals surface area contributed by atoms with Crippen LogP contribution in [0.15, 0.2) is 4.52 Å². The zero-order valence-electron chi connectivity index (χ0n) is 10.1. The summed E-state index contributed by atoms with van der Waals surface area (Å²) < 4.78 is 4.70. The lowest BCUT2D eigenvalue weighted by Gasteiger charge is -2.33. The van der Waals surface area contributed by atoms with Crippen LogP contribution in [0.1, 0.15) is 48.6 Å². The Bertz CT molecular complexity index is 463. The molecule has 98 valence electrons. The molecule has 2 rings (SSSR count). The Hall–Kier alpha value is -1.92. The number of hydrogen-bond acceptors (Lipinski definition) is 5. The molecule has 0 saturated heterocycles. The van der Waals surface area contributed by atoms with Crippen LogP contribution in [0.5, 0.6) is 0 Å². The molecule has 0 bridgehead atoms. The summed E-state index contributed by atoms with van der Waals surface area (Å²) in [6.07, 6.45) is 3.44. The molecule has 1 saturated carbocycles. The molecule has 1 amide bonds. The van der Waals surface area contributed by atoms with Gasteiger partial charge in [-0.3, -0.25) is 4.79 Å². The lowest BCUT2D eigenvalue weighted by atomic mass is 9.81. The van der Waals surface area contributed by atoms with Gasteiger partial charge in [0.15, 0.2) is 0 Å². The molecule has 1 aromatic heterocycles. The van der Waals surface area contributed by atoms with E-state index in [1.807, 2.05) is 0 Å². The molecule has 2 N–H and O–H groups in total. The van der Waals surface area contributed by atoms with Crippen LogP contribution in [0.4, 0.5) is 0 Å². The van der Waals surface area contributed by atoms with E-state index in [4.69, 9.17) is 4.52 Å². The van der Waals surface area contributed by atoms with E-state index in [0.717, 1.165) is 19.3 Å². The minimum atomic E-state index is -1.19. The highest BCUT2D eigenvalue weighted by atomic mass is 16.5. The molecule has 0 aliphatic heterocycles. The second-order valence-corrected chi connectivity index (χ2v) is 4.54. The quantitative estimate of drug-likeness (QED) is 0.828. The second kappa shape index (κ2) is 4.75. The molecular weight excluding hydrogens is 238 g/mol. The van der Waals surface area contributed by atoms with Crippen molar-refractivity contribution >= 4 is 11.9 Å². The fourth-order valence-electron chi connectivity index (χ4n) is 2.21. The number of amides is 1. The van der Waals surface area contributed by atoms with E-state index in [0.29, 0.717) is 12.8 Å². The topological polar surface area (TPSA) is 105 Å². The fraction of sp³-hybridized carbons (Fsp3) is 0.636. The Morgan fingerprint density at radius 2 is 2.00 bits per heavy atom. The summed E-state index contributed by atoms with van der Waals surface area (Å²) >= 11 is 0. The van der Waals surface area contributed by atoms with Crippen molar-refractivity contribution in [3.63, 3.8) is 0 Å². The Kier molecular flexibility index (Phi) is 3.31. The number of carbonyl (C=O) groups is 2. The number of nitrogens with zero attached hydrogens (tertiary/aromatic N) is 2. The summed E-state index contributed by atoms with van der Waals surface area (Å²) in [6, 6.07) is 0. The number of carboxylic acid groups (broad SMARTS) is 1. The van der Waals surface area contributed by atoms with Crippen LogP contribution < -0.4 is 5.32 Å². The SMILES string of the molecule is Cc1nc(C(=O)NC2(C(=O)O)CCCCC2)no1. The van der Waals surface area contributed by atoms with Gasteiger partial charge in [0, 0.05) is 6.92 Å². The average molecular weight is 253 g/mol. The van der Waals surface area contributed by atoms with Crippen LogP contribution in [0.25, 0.3) is 0 Å². The highest BCUT2D eigenvalue weighted by molar-refractivity contribution is 5.95. The molecule has 0 aromatic carbocycles. The lowest BCUT2D eigenvalue weighted by molar-refractivity contribution is -0.145. The third-order valence-electron chi connectivity index (χ3n) is 3.20. The summed E-state index contributed by atoms with van der Waals surface area (Å²) in [6.45, 7) is 1.57. The normalized spacial score (nSPS) is 18.3. The first-order valence-electron chi connectivity index (χ1n) is 5.90. The van der Waals surface area contributed by atoms with Gasteiger partial charge >= 0.3 is 5.97 Å². The van der Waals surface area contributed by atoms with E-state index >= 15 is 0 Å². The molecule has 0 atom stereocenters. The van der Waals surface area contributed by atoms with Gasteiger partial charge in [-0.1, -0.05) is 24.4 Å². The third-order valence-corrected chi connectivity index (χ3v) is 3.20. The second-order valence-electron chi connectivity index (χ2n) is 4.54. The molecule has 1 heterocycles. The van der Waals surface area contributed by atoms with Gasteiger partial charge in [-0.2, -0.15) is 4.98 Å². The first kappa shape index (κ1) is 12.5. The first-order chi connectivity index (χ1) is 8.53. The van der Waals surface area contributed by atoms with Gasteiger partial charge in [0.2, 0.25) is 5.89 Å². The lowest BCUT2D eigenvalue weighted by Crippen LogP contribution is -2.55. The number of carbonyl (C=O) groups excluding carboxylic acids is 1. The number of aryl methyl sites for hydroxylation is 1. The van der Waals surface area contributed by atoms with Crippen LogP contribution in [0, 0.1) is 6.92 Å². The van der Waals surface area contributed by atoms with Gasteiger partial charge < -0.3 is 14.9 Å². The van der Waals surface area contributed by atoms with Crippen LogP contribution in [-0.4, -0.2) is 32.7 Å². The molecule has 0 spiro atoms. The molecule has 7 nitrogen and oxygen atoms in total. The molecule has 1 aliphatic rings. The Morgan fingerprint density at radius 3 is 2.50 bits per heavy atom. The van der Waals surface area contributed by atoms with E-state index in [9.17, 15) is 14.7 Å². The monoisotopic (exact) mass is 253 g/mol. The molecule has 1 aliphatic carbocycles. The maximum atomic E-state index is 11.9. The van der Waals surface area contributed by atoms with Gasteiger partial charge in [-0.15, -0.1) is 0 Å². The van der Waals surface area contributed by atoms with E-state index in [2.05, 4.69) is 15.5 Å². The van der Waals surface area contributed by atoms with E-state index in [1.165, 1.54) is 0 Å². The number of hydrogen-bond donors (Lipinski definition) is 2. The van der Waals surface area contributed by atoms with Gasteiger partial charge in [0.1, 0.15) is 5.54 Å². The predicted octanol–water partition coefficient (Wildman–Crippen LogP) is 0.895.